The predicted molar refractivity (Wildman–Crippen MR) is 127 cm³/mol. The summed E-state index contributed by atoms with van der Waals surface area (Å²) >= 11 is 0. The van der Waals surface area contributed by atoms with Crippen LogP contribution in [0.2, 0.25) is 0 Å². The molecule has 2 atom stereocenters. The Balaban J connectivity index is 2.00. The van der Waals surface area contributed by atoms with Gasteiger partial charge in [-0.25, -0.2) is 0 Å². The van der Waals surface area contributed by atoms with Gasteiger partial charge in [0, 0.05) is 5.41 Å². The summed E-state index contributed by atoms with van der Waals surface area (Å²) < 4.78 is 11.4. The maximum atomic E-state index is 12.0. The Bertz CT molecular complexity index is 877. The maximum Gasteiger partial charge on any atom is 0.313 e. The van der Waals surface area contributed by atoms with E-state index >= 15 is 0 Å². The zero-order valence-corrected chi connectivity index (χ0v) is 20.2. The molecule has 0 aliphatic heterocycles. The van der Waals surface area contributed by atoms with E-state index in [1.807, 2.05) is 39.8 Å². The van der Waals surface area contributed by atoms with Crippen molar-refractivity contribution in [3.63, 3.8) is 0 Å². The number of hydrogen-bond donors (Lipinski definition) is 0. The van der Waals surface area contributed by atoms with Crippen molar-refractivity contribution in [1.29, 1.82) is 0 Å². The average molecular weight is 423 g/mol. The van der Waals surface area contributed by atoms with Crippen LogP contribution in [0.4, 0.5) is 0 Å². The van der Waals surface area contributed by atoms with Crippen molar-refractivity contribution in [2.24, 2.45) is 17.3 Å². The van der Waals surface area contributed by atoms with E-state index in [1.54, 1.807) is 0 Å². The van der Waals surface area contributed by atoms with Crippen LogP contribution in [-0.2, 0) is 10.2 Å². The van der Waals surface area contributed by atoms with E-state index in [4.69, 9.17) is 9.47 Å². The van der Waals surface area contributed by atoms with Gasteiger partial charge in [0.15, 0.2) is 0 Å². The van der Waals surface area contributed by atoms with Gasteiger partial charge in [-0.3, -0.25) is 4.79 Å². The lowest BCUT2D eigenvalue weighted by atomic mass is 9.55. The van der Waals surface area contributed by atoms with Gasteiger partial charge in [-0.2, -0.15) is 0 Å². The number of benzene rings is 2. The van der Waals surface area contributed by atoms with Crippen LogP contribution in [0.25, 0.3) is 0 Å². The summed E-state index contributed by atoms with van der Waals surface area (Å²) in [5.41, 5.74) is 2.79. The second-order valence-electron chi connectivity index (χ2n) is 10.7. The molecule has 31 heavy (non-hydrogen) atoms. The Hall–Kier alpha value is -2.29. The molecule has 0 heterocycles. The first-order valence-corrected chi connectivity index (χ1v) is 11.6. The van der Waals surface area contributed by atoms with Crippen molar-refractivity contribution in [2.75, 3.05) is 0 Å². The molecule has 3 rings (SSSR count). The van der Waals surface area contributed by atoms with Crippen LogP contribution in [0.5, 0.6) is 11.5 Å². The Morgan fingerprint density at radius 1 is 0.871 bits per heavy atom. The van der Waals surface area contributed by atoms with Crippen molar-refractivity contribution >= 4 is 5.97 Å². The van der Waals surface area contributed by atoms with Crippen LogP contribution >= 0.6 is 0 Å². The molecule has 0 amide bonds. The van der Waals surface area contributed by atoms with Crippen LogP contribution in [0.15, 0.2) is 48.5 Å². The molecule has 0 spiro atoms. The van der Waals surface area contributed by atoms with Gasteiger partial charge in [0.25, 0.3) is 0 Å². The van der Waals surface area contributed by atoms with Gasteiger partial charge in [-0.1, -0.05) is 58.9 Å². The summed E-state index contributed by atoms with van der Waals surface area (Å²) in [6, 6.07) is 16.9. The quantitative estimate of drug-likeness (QED) is 0.366. The first-order chi connectivity index (χ1) is 14.5. The Labute approximate surface area is 188 Å². The Kier molecular flexibility index (Phi) is 6.83. The van der Waals surface area contributed by atoms with E-state index in [-0.39, 0.29) is 28.8 Å². The summed E-state index contributed by atoms with van der Waals surface area (Å²) in [7, 11) is 0. The topological polar surface area (TPSA) is 35.5 Å². The number of carbonyl (C=O) groups is 1. The van der Waals surface area contributed by atoms with Crippen LogP contribution in [0, 0.1) is 17.3 Å². The highest BCUT2D eigenvalue weighted by Gasteiger charge is 2.45. The van der Waals surface area contributed by atoms with Gasteiger partial charge < -0.3 is 9.47 Å². The molecule has 1 unspecified atom stereocenters. The second-order valence-corrected chi connectivity index (χ2v) is 10.7. The van der Waals surface area contributed by atoms with Crippen LogP contribution in [0.3, 0.4) is 0 Å². The summed E-state index contributed by atoms with van der Waals surface area (Å²) in [6.07, 6.45) is 3.58. The van der Waals surface area contributed by atoms with E-state index < -0.39 is 0 Å². The van der Waals surface area contributed by atoms with Crippen molar-refractivity contribution in [3.05, 3.63) is 59.7 Å². The lowest BCUT2D eigenvalue weighted by Crippen LogP contribution is -2.41. The summed E-state index contributed by atoms with van der Waals surface area (Å²) in [4.78, 5) is 12.0. The molecule has 0 radical (unpaired) electrons. The molecule has 0 N–H and O–H groups in total. The minimum absolute atomic E-state index is 0.0713. The first kappa shape index (κ1) is 23.4. The van der Waals surface area contributed by atoms with E-state index in [9.17, 15) is 4.79 Å². The molecule has 168 valence electrons. The van der Waals surface area contributed by atoms with Gasteiger partial charge >= 0.3 is 5.97 Å². The molecule has 1 aliphatic carbocycles. The monoisotopic (exact) mass is 422 g/mol. The zero-order chi connectivity index (χ0) is 22.8. The Morgan fingerprint density at radius 2 is 1.39 bits per heavy atom. The molecular formula is C28H38O3. The summed E-state index contributed by atoms with van der Waals surface area (Å²) in [5, 5.41) is 0. The third-order valence-corrected chi connectivity index (χ3v) is 6.25. The van der Waals surface area contributed by atoms with E-state index in [2.05, 4.69) is 57.2 Å². The smallest absolute Gasteiger partial charge is 0.313 e. The minimum Gasteiger partial charge on any atom is -0.491 e. The van der Waals surface area contributed by atoms with Crippen molar-refractivity contribution in [1.82, 2.24) is 0 Å². The van der Waals surface area contributed by atoms with Gasteiger partial charge in [-0.05, 0) is 79.8 Å². The minimum atomic E-state index is -0.198. The fraction of sp³-hybridized carbons (Fsp3) is 0.536. The lowest BCUT2D eigenvalue weighted by molar-refractivity contribution is -0.137. The summed E-state index contributed by atoms with van der Waals surface area (Å²) in [6.45, 7) is 14.9. The van der Waals surface area contributed by atoms with Gasteiger partial charge in [-0.15, -0.1) is 0 Å². The molecule has 1 aliphatic rings. The third-order valence-electron chi connectivity index (χ3n) is 6.25. The standard InChI is InChI=1S/C28H38O3/c1-19(2)26(29)31-25-14-10-23(11-15-25)28(17-21(5)16-27(6,7)18-28)22-8-12-24(13-9-22)30-20(3)4/h8-15,19-21H,16-18H2,1-7H3/t21-,28?/m0/s1. The van der Waals surface area contributed by atoms with E-state index in [0.717, 1.165) is 18.6 Å². The molecule has 0 saturated heterocycles. The SMILES string of the molecule is CC(C)Oc1ccc(C2(c3ccc(OC(=O)C(C)C)cc3)C[C@@H](C)CC(C)(C)C2)cc1. The van der Waals surface area contributed by atoms with E-state index in [1.165, 1.54) is 17.5 Å². The second kappa shape index (κ2) is 9.06. The van der Waals surface area contributed by atoms with E-state index in [0.29, 0.717) is 11.7 Å². The molecule has 2 aromatic rings. The van der Waals surface area contributed by atoms with Gasteiger partial charge in [0.1, 0.15) is 11.5 Å². The summed E-state index contributed by atoms with van der Waals surface area (Å²) in [5.74, 6) is 1.80. The number of ether oxygens (including phenoxy) is 2. The van der Waals surface area contributed by atoms with Crippen molar-refractivity contribution < 1.29 is 14.3 Å². The molecule has 3 heteroatoms. The average Bonchev–Trinajstić information content (AvgIpc) is 2.66. The number of rotatable bonds is 6. The first-order valence-electron chi connectivity index (χ1n) is 11.6. The van der Waals surface area contributed by atoms with Crippen molar-refractivity contribution in [3.8, 4) is 11.5 Å². The molecule has 2 aromatic carbocycles. The van der Waals surface area contributed by atoms with Crippen LogP contribution in [-0.4, -0.2) is 12.1 Å². The normalized spacial score (nSPS) is 23.1. The molecule has 1 saturated carbocycles. The fourth-order valence-corrected chi connectivity index (χ4v) is 5.38. The van der Waals surface area contributed by atoms with Crippen LogP contribution in [0.1, 0.15) is 78.9 Å². The molecule has 0 aromatic heterocycles. The van der Waals surface area contributed by atoms with Gasteiger partial charge in [0.05, 0.1) is 12.0 Å². The highest BCUT2D eigenvalue weighted by molar-refractivity contribution is 5.74. The van der Waals surface area contributed by atoms with Crippen LogP contribution < -0.4 is 9.47 Å². The van der Waals surface area contributed by atoms with Crippen molar-refractivity contribution in [2.45, 2.75) is 79.2 Å². The highest BCUT2D eigenvalue weighted by atomic mass is 16.5. The fourth-order valence-electron chi connectivity index (χ4n) is 5.38. The van der Waals surface area contributed by atoms with Gasteiger partial charge in [0.2, 0.25) is 0 Å². The third kappa shape index (κ3) is 5.50. The number of esters is 1. The molecule has 3 nitrogen and oxygen atoms in total. The molecule has 1 fully saturated rings. The largest absolute Gasteiger partial charge is 0.491 e. The molecule has 0 bridgehead atoms. The Morgan fingerprint density at radius 3 is 1.84 bits per heavy atom. The maximum absolute atomic E-state index is 12.0. The zero-order valence-electron chi connectivity index (χ0n) is 20.2. The lowest BCUT2D eigenvalue weighted by Gasteiger charge is -2.48. The molecular weight excluding hydrogens is 384 g/mol. The predicted octanol–water partition coefficient (Wildman–Crippen LogP) is 7.17. The number of hydrogen-bond acceptors (Lipinski definition) is 3. The highest BCUT2D eigenvalue weighted by Crippen LogP contribution is 2.53. The number of carbonyl (C=O) groups excluding carboxylic acids is 1.